The Morgan fingerprint density at radius 1 is 1.29 bits per heavy atom. The van der Waals surface area contributed by atoms with Crippen LogP contribution >= 0.6 is 15.9 Å². The number of anilines is 1. The molecule has 4 heteroatoms. The van der Waals surface area contributed by atoms with Crippen molar-refractivity contribution in [1.29, 1.82) is 0 Å². The molecule has 21 heavy (non-hydrogen) atoms. The summed E-state index contributed by atoms with van der Waals surface area (Å²) in [5.74, 6) is -0.388. The molecule has 0 heterocycles. The van der Waals surface area contributed by atoms with Gasteiger partial charge in [0.25, 0.3) is 0 Å². The van der Waals surface area contributed by atoms with Crippen molar-refractivity contribution in [1.82, 2.24) is 0 Å². The first-order valence-corrected chi connectivity index (χ1v) is 7.79. The zero-order valence-electron chi connectivity index (χ0n) is 11.8. The van der Waals surface area contributed by atoms with Crippen LogP contribution in [0.4, 0.5) is 5.69 Å². The molecule has 3 rings (SSSR count). The van der Waals surface area contributed by atoms with E-state index in [1.54, 1.807) is 6.07 Å². The molecule has 0 radical (unpaired) electrons. The summed E-state index contributed by atoms with van der Waals surface area (Å²) < 4.78 is 1.13. The number of nitrogens with one attached hydrogen (secondary N) is 1. The summed E-state index contributed by atoms with van der Waals surface area (Å²) in [6, 6.07) is 12.3. The van der Waals surface area contributed by atoms with Crippen molar-refractivity contribution in [2.45, 2.75) is 25.8 Å². The summed E-state index contributed by atoms with van der Waals surface area (Å²) in [6.45, 7) is 1.99. The number of rotatable bonds is 3. The van der Waals surface area contributed by atoms with Gasteiger partial charge >= 0.3 is 0 Å². The van der Waals surface area contributed by atoms with Gasteiger partial charge in [-0.05, 0) is 66.8 Å². The molecule has 1 aliphatic rings. The standard InChI is InChI=1S/C17H17BrN2O/c1-10-8-12(17(19)21)3-6-15(10)20-16-7-2-11-9-13(18)4-5-14(11)16/h3-6,8-9,16,20H,2,7H2,1H3,(H2,19,21). The third-order valence-electron chi connectivity index (χ3n) is 4.02. The average Bonchev–Trinajstić information content (AvgIpc) is 2.83. The first-order chi connectivity index (χ1) is 10.0. The van der Waals surface area contributed by atoms with E-state index in [2.05, 4.69) is 39.4 Å². The topological polar surface area (TPSA) is 55.1 Å². The predicted octanol–water partition coefficient (Wildman–Crippen LogP) is 3.96. The maximum atomic E-state index is 11.2. The molecular formula is C17H17BrN2O. The van der Waals surface area contributed by atoms with Gasteiger partial charge < -0.3 is 11.1 Å². The fourth-order valence-corrected chi connectivity index (χ4v) is 3.31. The maximum Gasteiger partial charge on any atom is 0.248 e. The fraction of sp³-hybridized carbons (Fsp3) is 0.235. The van der Waals surface area contributed by atoms with Crippen LogP contribution in [0.15, 0.2) is 40.9 Å². The van der Waals surface area contributed by atoms with Crippen LogP contribution in [0.2, 0.25) is 0 Å². The summed E-state index contributed by atoms with van der Waals surface area (Å²) in [6.07, 6.45) is 2.17. The lowest BCUT2D eigenvalue weighted by Crippen LogP contribution is -2.12. The van der Waals surface area contributed by atoms with Crippen molar-refractivity contribution in [2.24, 2.45) is 5.73 Å². The van der Waals surface area contributed by atoms with Crippen molar-refractivity contribution in [3.8, 4) is 0 Å². The molecular weight excluding hydrogens is 328 g/mol. The Morgan fingerprint density at radius 2 is 2.10 bits per heavy atom. The number of halogens is 1. The van der Waals surface area contributed by atoms with Gasteiger partial charge in [0.15, 0.2) is 0 Å². The van der Waals surface area contributed by atoms with E-state index in [0.717, 1.165) is 28.6 Å². The molecule has 3 N–H and O–H groups in total. The Labute approximate surface area is 132 Å². The zero-order valence-corrected chi connectivity index (χ0v) is 13.4. The highest BCUT2D eigenvalue weighted by molar-refractivity contribution is 9.10. The highest BCUT2D eigenvalue weighted by Gasteiger charge is 2.22. The third kappa shape index (κ3) is 2.81. The van der Waals surface area contributed by atoms with Gasteiger partial charge in [0.05, 0.1) is 6.04 Å². The molecule has 1 aliphatic carbocycles. The molecule has 3 nitrogen and oxygen atoms in total. The monoisotopic (exact) mass is 344 g/mol. The summed E-state index contributed by atoms with van der Waals surface area (Å²) in [5, 5.41) is 3.58. The van der Waals surface area contributed by atoms with E-state index in [-0.39, 0.29) is 5.91 Å². The van der Waals surface area contributed by atoms with Crippen molar-refractivity contribution in [3.63, 3.8) is 0 Å². The molecule has 0 saturated carbocycles. The predicted molar refractivity (Wildman–Crippen MR) is 88.5 cm³/mol. The normalized spacial score (nSPS) is 16.6. The Kier molecular flexibility index (Phi) is 3.72. The molecule has 0 aliphatic heterocycles. The molecule has 0 saturated heterocycles. The second-order valence-corrected chi connectivity index (χ2v) is 6.39. The van der Waals surface area contributed by atoms with E-state index in [9.17, 15) is 4.79 Å². The molecule has 1 amide bonds. The molecule has 0 aromatic heterocycles. The van der Waals surface area contributed by atoms with Crippen LogP contribution in [0.5, 0.6) is 0 Å². The van der Waals surface area contributed by atoms with Gasteiger partial charge in [-0.15, -0.1) is 0 Å². The molecule has 108 valence electrons. The number of amides is 1. The lowest BCUT2D eigenvalue weighted by molar-refractivity contribution is 0.1000. The largest absolute Gasteiger partial charge is 0.378 e. The summed E-state index contributed by atoms with van der Waals surface area (Å²) >= 11 is 3.52. The highest BCUT2D eigenvalue weighted by atomic mass is 79.9. The lowest BCUT2D eigenvalue weighted by atomic mass is 10.1. The number of hydrogen-bond donors (Lipinski definition) is 2. The Balaban J connectivity index is 1.84. The average molecular weight is 345 g/mol. The maximum absolute atomic E-state index is 11.2. The van der Waals surface area contributed by atoms with Gasteiger partial charge in [-0.3, -0.25) is 4.79 Å². The molecule has 2 aromatic carbocycles. The molecule has 0 fully saturated rings. The third-order valence-corrected chi connectivity index (χ3v) is 4.52. The number of benzene rings is 2. The minimum absolute atomic E-state index is 0.325. The van der Waals surface area contributed by atoms with Gasteiger partial charge in [0.2, 0.25) is 5.91 Å². The second-order valence-electron chi connectivity index (χ2n) is 5.47. The Hall–Kier alpha value is -1.81. The van der Waals surface area contributed by atoms with Gasteiger partial charge in [0.1, 0.15) is 0 Å². The van der Waals surface area contributed by atoms with Crippen molar-refractivity contribution < 1.29 is 4.79 Å². The van der Waals surface area contributed by atoms with Gasteiger partial charge in [-0.25, -0.2) is 0 Å². The first-order valence-electron chi connectivity index (χ1n) is 7.00. The number of fused-ring (bicyclic) bond motifs is 1. The minimum Gasteiger partial charge on any atom is -0.378 e. The van der Waals surface area contributed by atoms with E-state index in [1.165, 1.54) is 11.1 Å². The van der Waals surface area contributed by atoms with E-state index in [4.69, 9.17) is 5.73 Å². The van der Waals surface area contributed by atoms with Crippen LogP contribution in [0, 0.1) is 6.92 Å². The highest BCUT2D eigenvalue weighted by Crippen LogP contribution is 2.36. The van der Waals surface area contributed by atoms with E-state index in [1.807, 2.05) is 19.1 Å². The SMILES string of the molecule is Cc1cc(C(N)=O)ccc1NC1CCc2cc(Br)ccc21. The summed E-state index contributed by atoms with van der Waals surface area (Å²) in [5.41, 5.74) is 10.7. The van der Waals surface area contributed by atoms with Gasteiger partial charge in [-0.2, -0.15) is 0 Å². The Bertz CT molecular complexity index is 712. The number of carbonyl (C=O) groups is 1. The zero-order chi connectivity index (χ0) is 15.0. The van der Waals surface area contributed by atoms with Crippen molar-refractivity contribution in [2.75, 3.05) is 5.32 Å². The smallest absolute Gasteiger partial charge is 0.248 e. The quantitative estimate of drug-likeness (QED) is 0.885. The second kappa shape index (κ2) is 5.53. The Morgan fingerprint density at radius 3 is 2.81 bits per heavy atom. The van der Waals surface area contributed by atoms with E-state index in [0.29, 0.717) is 11.6 Å². The molecule has 1 unspecified atom stereocenters. The number of primary amides is 1. The summed E-state index contributed by atoms with van der Waals surface area (Å²) in [4.78, 5) is 11.2. The number of nitrogens with two attached hydrogens (primary N) is 1. The first kappa shape index (κ1) is 14.1. The van der Waals surface area contributed by atoms with Crippen LogP contribution in [0.3, 0.4) is 0 Å². The minimum atomic E-state index is -0.388. The number of hydrogen-bond acceptors (Lipinski definition) is 2. The van der Waals surface area contributed by atoms with Gasteiger partial charge in [-0.1, -0.05) is 22.0 Å². The molecule has 2 aromatic rings. The number of aryl methyl sites for hydroxylation is 2. The van der Waals surface area contributed by atoms with Crippen LogP contribution in [0.1, 0.15) is 39.5 Å². The van der Waals surface area contributed by atoms with Crippen LogP contribution in [0.25, 0.3) is 0 Å². The van der Waals surface area contributed by atoms with E-state index >= 15 is 0 Å². The van der Waals surface area contributed by atoms with Crippen LogP contribution in [-0.2, 0) is 6.42 Å². The van der Waals surface area contributed by atoms with Crippen molar-refractivity contribution >= 4 is 27.5 Å². The molecule has 0 spiro atoms. The lowest BCUT2D eigenvalue weighted by Gasteiger charge is -2.18. The summed E-state index contributed by atoms with van der Waals surface area (Å²) in [7, 11) is 0. The van der Waals surface area contributed by atoms with Crippen molar-refractivity contribution in [3.05, 3.63) is 63.1 Å². The van der Waals surface area contributed by atoms with Crippen LogP contribution < -0.4 is 11.1 Å². The molecule has 0 bridgehead atoms. The number of carbonyl (C=O) groups excluding carboxylic acids is 1. The fourth-order valence-electron chi connectivity index (χ4n) is 2.90. The van der Waals surface area contributed by atoms with Gasteiger partial charge in [0, 0.05) is 15.7 Å². The molecule has 1 atom stereocenters. The van der Waals surface area contributed by atoms with E-state index < -0.39 is 0 Å². The van der Waals surface area contributed by atoms with Crippen LogP contribution in [-0.4, -0.2) is 5.91 Å².